The fraction of sp³-hybridized carbons (Fsp3) is 0.562. The lowest BCUT2D eigenvalue weighted by Gasteiger charge is -2.25. The average Bonchev–Trinajstić information content (AvgIpc) is 3.13. The number of anilines is 1. The first-order valence-corrected chi connectivity index (χ1v) is 13.8. The Kier molecular flexibility index (Phi) is 5.71. The van der Waals surface area contributed by atoms with Crippen molar-refractivity contribution in [3.63, 3.8) is 0 Å². The molecule has 13 heteroatoms. The second-order valence-electron chi connectivity index (χ2n) is 6.87. The predicted molar refractivity (Wildman–Crippen MR) is 106 cm³/mol. The van der Waals surface area contributed by atoms with Crippen molar-refractivity contribution in [2.24, 2.45) is 0 Å². The van der Waals surface area contributed by atoms with Gasteiger partial charge in [-0.1, -0.05) is 0 Å². The number of carbonyl (C=O) groups is 1. The van der Waals surface area contributed by atoms with Gasteiger partial charge in [-0.15, -0.1) is 0 Å². The number of carbonyl (C=O) groups excluding carboxylic acids is 1. The van der Waals surface area contributed by atoms with Gasteiger partial charge in [-0.05, 0) is 31.5 Å². The quantitative estimate of drug-likeness (QED) is 0.570. The Bertz CT molecular complexity index is 1140. The molecule has 0 aliphatic carbocycles. The Morgan fingerprint density at radius 3 is 2.41 bits per heavy atom. The first-order chi connectivity index (χ1) is 13.4. The van der Waals surface area contributed by atoms with Gasteiger partial charge in [0, 0.05) is 19.5 Å². The molecule has 2 fully saturated rings. The Morgan fingerprint density at radius 1 is 1.21 bits per heavy atom. The summed E-state index contributed by atoms with van der Waals surface area (Å²) in [5.74, 6) is -1.39. The van der Waals surface area contributed by atoms with Crippen LogP contribution in [0.25, 0.3) is 0 Å². The van der Waals surface area contributed by atoms with E-state index in [0.717, 1.165) is 10.4 Å². The molecule has 162 valence electrons. The van der Waals surface area contributed by atoms with Gasteiger partial charge in [0.2, 0.25) is 26.0 Å². The third kappa shape index (κ3) is 4.13. The van der Waals surface area contributed by atoms with E-state index in [9.17, 15) is 30.0 Å². The van der Waals surface area contributed by atoms with Crippen LogP contribution in [0.15, 0.2) is 23.1 Å². The first kappa shape index (κ1) is 22.0. The molecule has 2 heterocycles. The molecule has 29 heavy (non-hydrogen) atoms. The molecular weight excluding hydrogens is 444 g/mol. The lowest BCUT2D eigenvalue weighted by Crippen LogP contribution is -2.38. The van der Waals surface area contributed by atoms with Crippen molar-refractivity contribution in [3.05, 3.63) is 18.2 Å². The molecule has 0 aromatic heterocycles. The van der Waals surface area contributed by atoms with E-state index in [2.05, 4.69) is 0 Å². The Labute approximate surface area is 170 Å². The molecule has 3 rings (SSSR count). The highest BCUT2D eigenvalue weighted by atomic mass is 32.2. The van der Waals surface area contributed by atoms with Crippen LogP contribution in [0.3, 0.4) is 0 Å². The molecular formula is C16H22N2O8S3. The summed E-state index contributed by atoms with van der Waals surface area (Å²) in [4.78, 5) is 11.7. The molecule has 1 atom stereocenters. The molecule has 0 radical (unpaired) electrons. The molecule has 2 saturated heterocycles. The monoisotopic (exact) mass is 466 g/mol. The summed E-state index contributed by atoms with van der Waals surface area (Å²) < 4.78 is 81.4. The zero-order valence-corrected chi connectivity index (χ0v) is 18.4. The topological polar surface area (TPSA) is 135 Å². The summed E-state index contributed by atoms with van der Waals surface area (Å²) in [5.41, 5.74) is -0.0954. The van der Waals surface area contributed by atoms with Crippen LogP contribution in [-0.4, -0.2) is 72.4 Å². The van der Waals surface area contributed by atoms with Crippen LogP contribution in [0.4, 0.5) is 5.69 Å². The second-order valence-corrected chi connectivity index (χ2v) is 13.0. The minimum Gasteiger partial charge on any atom is -0.492 e. The summed E-state index contributed by atoms with van der Waals surface area (Å²) in [5, 5.41) is 0. The van der Waals surface area contributed by atoms with Crippen molar-refractivity contribution < 1.29 is 34.8 Å². The van der Waals surface area contributed by atoms with Crippen LogP contribution < -0.4 is 9.04 Å². The van der Waals surface area contributed by atoms with E-state index in [0.29, 0.717) is 4.31 Å². The summed E-state index contributed by atoms with van der Waals surface area (Å²) in [6.07, 6.45) is -0.0157. The highest BCUT2D eigenvalue weighted by Crippen LogP contribution is 2.35. The Hall–Kier alpha value is -1.70. The summed E-state index contributed by atoms with van der Waals surface area (Å²) in [6.45, 7) is 1.82. The van der Waals surface area contributed by atoms with Crippen molar-refractivity contribution in [2.45, 2.75) is 30.7 Å². The lowest BCUT2D eigenvalue weighted by atomic mass is 10.3. The largest absolute Gasteiger partial charge is 0.492 e. The van der Waals surface area contributed by atoms with E-state index in [-0.39, 0.29) is 53.0 Å². The van der Waals surface area contributed by atoms with Gasteiger partial charge in [0.25, 0.3) is 0 Å². The summed E-state index contributed by atoms with van der Waals surface area (Å²) in [7, 11) is -10.1. The number of sulfonamides is 2. The maximum absolute atomic E-state index is 13.2. The number of nitrogens with zero attached hydrogens (tertiary/aromatic N) is 2. The van der Waals surface area contributed by atoms with E-state index in [4.69, 9.17) is 4.74 Å². The van der Waals surface area contributed by atoms with Crippen LogP contribution >= 0.6 is 0 Å². The minimum absolute atomic E-state index is 0.00648. The van der Waals surface area contributed by atoms with Crippen molar-refractivity contribution in [3.8, 4) is 5.75 Å². The fourth-order valence-electron chi connectivity index (χ4n) is 3.38. The Balaban J connectivity index is 2.07. The molecule has 2 aliphatic rings. The lowest BCUT2D eigenvalue weighted by molar-refractivity contribution is -0.116. The maximum atomic E-state index is 13.2. The molecule has 0 spiro atoms. The molecule has 0 N–H and O–H groups in total. The first-order valence-electron chi connectivity index (χ1n) is 8.90. The van der Waals surface area contributed by atoms with Gasteiger partial charge in [0.15, 0.2) is 9.84 Å². The summed E-state index contributed by atoms with van der Waals surface area (Å²) in [6, 6.07) is 2.96. The molecule has 1 aromatic rings. The number of rotatable bonds is 6. The van der Waals surface area contributed by atoms with Crippen molar-refractivity contribution >= 4 is 41.5 Å². The van der Waals surface area contributed by atoms with Gasteiger partial charge in [-0.25, -0.2) is 29.6 Å². The van der Waals surface area contributed by atoms with E-state index < -0.39 is 41.8 Å². The zero-order valence-electron chi connectivity index (χ0n) is 15.9. The third-order valence-corrected chi connectivity index (χ3v) is 10.3. The number of sulfone groups is 1. The van der Waals surface area contributed by atoms with Crippen molar-refractivity contribution in [1.29, 1.82) is 0 Å². The SMILES string of the molecule is CCOc1ccc(N2C(=O)CCS2(=O)=O)cc1S(=O)(=O)N(C)[C@H]1CCS(=O)(=O)C1. The predicted octanol–water partition coefficient (Wildman–Crippen LogP) is -0.0406. The number of hydrogen-bond donors (Lipinski definition) is 0. The van der Waals surface area contributed by atoms with E-state index in [1.54, 1.807) is 6.92 Å². The summed E-state index contributed by atoms with van der Waals surface area (Å²) >= 11 is 0. The van der Waals surface area contributed by atoms with Gasteiger partial charge in [0.05, 0.1) is 29.6 Å². The van der Waals surface area contributed by atoms with Gasteiger partial charge in [0.1, 0.15) is 10.6 Å². The standard InChI is InChI=1S/C16H22N2O8S3/c1-3-26-14-5-4-12(18-16(19)7-9-28(18,22)23)10-15(14)29(24,25)17(2)13-6-8-27(20,21)11-13/h4-5,10,13H,3,6-9,11H2,1-2H3/t13-/m0/s1. The molecule has 0 unspecified atom stereocenters. The van der Waals surface area contributed by atoms with Gasteiger partial charge in [-0.2, -0.15) is 4.31 Å². The molecule has 1 aromatic carbocycles. The Morgan fingerprint density at radius 2 is 1.90 bits per heavy atom. The zero-order chi connectivity index (χ0) is 21.6. The van der Waals surface area contributed by atoms with Crippen molar-refractivity contribution in [2.75, 3.05) is 35.2 Å². The van der Waals surface area contributed by atoms with Crippen LogP contribution in [0, 0.1) is 0 Å². The normalized spacial score (nSPS) is 23.6. The fourth-order valence-corrected chi connectivity index (χ4v) is 8.24. The van der Waals surface area contributed by atoms with Gasteiger partial charge >= 0.3 is 0 Å². The number of benzene rings is 1. The molecule has 2 aliphatic heterocycles. The molecule has 1 amide bonds. The molecule has 0 bridgehead atoms. The number of amides is 1. The van der Waals surface area contributed by atoms with Gasteiger partial charge < -0.3 is 4.74 Å². The second kappa shape index (κ2) is 7.52. The minimum atomic E-state index is -4.22. The highest BCUT2D eigenvalue weighted by molar-refractivity contribution is 7.94. The smallest absolute Gasteiger partial charge is 0.246 e. The van der Waals surface area contributed by atoms with E-state index >= 15 is 0 Å². The van der Waals surface area contributed by atoms with Crippen LogP contribution in [0.1, 0.15) is 19.8 Å². The van der Waals surface area contributed by atoms with Crippen LogP contribution in [0.5, 0.6) is 5.75 Å². The number of ether oxygens (including phenoxy) is 1. The average molecular weight is 467 g/mol. The van der Waals surface area contributed by atoms with Crippen LogP contribution in [0.2, 0.25) is 0 Å². The molecule has 10 nitrogen and oxygen atoms in total. The molecule has 0 saturated carbocycles. The highest BCUT2D eigenvalue weighted by Gasteiger charge is 2.40. The van der Waals surface area contributed by atoms with Crippen molar-refractivity contribution in [1.82, 2.24) is 4.31 Å². The van der Waals surface area contributed by atoms with Gasteiger partial charge in [-0.3, -0.25) is 4.79 Å². The maximum Gasteiger partial charge on any atom is 0.246 e. The van der Waals surface area contributed by atoms with E-state index in [1.165, 1.54) is 19.2 Å². The van der Waals surface area contributed by atoms with Crippen LogP contribution in [-0.2, 0) is 34.7 Å². The number of hydrogen-bond acceptors (Lipinski definition) is 8. The van der Waals surface area contributed by atoms with E-state index in [1.807, 2.05) is 0 Å². The third-order valence-electron chi connectivity index (χ3n) is 4.92.